The largest absolute Gasteiger partial charge is 0.493 e. The van der Waals surface area contributed by atoms with Crippen molar-refractivity contribution in [2.24, 2.45) is 0 Å². The van der Waals surface area contributed by atoms with E-state index in [0.717, 1.165) is 11.1 Å². The molecule has 2 aromatic rings. The van der Waals surface area contributed by atoms with Gasteiger partial charge in [-0.15, -0.1) is 0 Å². The van der Waals surface area contributed by atoms with Gasteiger partial charge in [-0.3, -0.25) is 4.79 Å². The minimum Gasteiger partial charge on any atom is -0.493 e. The van der Waals surface area contributed by atoms with E-state index >= 15 is 0 Å². The van der Waals surface area contributed by atoms with E-state index in [1.54, 1.807) is 17.0 Å². The van der Waals surface area contributed by atoms with E-state index < -0.39 is 12.8 Å². The van der Waals surface area contributed by atoms with Gasteiger partial charge in [-0.05, 0) is 48.7 Å². The van der Waals surface area contributed by atoms with Crippen LogP contribution < -0.4 is 18.9 Å². The van der Waals surface area contributed by atoms with Gasteiger partial charge < -0.3 is 23.8 Å². The maximum Gasteiger partial charge on any atom is 0.422 e. The molecule has 1 heterocycles. The molecule has 168 valence electrons. The van der Waals surface area contributed by atoms with Crippen LogP contribution in [0.25, 0.3) is 0 Å². The summed E-state index contributed by atoms with van der Waals surface area (Å²) in [5, 5.41) is 0. The van der Waals surface area contributed by atoms with Gasteiger partial charge in [-0.25, -0.2) is 0 Å². The molecule has 0 atom stereocenters. The minimum absolute atomic E-state index is 0.00731. The van der Waals surface area contributed by atoms with Crippen LogP contribution in [0.2, 0.25) is 0 Å². The molecule has 0 aromatic heterocycles. The normalized spacial score (nSPS) is 12.5. The van der Waals surface area contributed by atoms with Crippen molar-refractivity contribution < 1.29 is 36.9 Å². The molecular formula is C22H24F3NO5. The Morgan fingerprint density at radius 3 is 2.52 bits per heavy atom. The van der Waals surface area contributed by atoms with Gasteiger partial charge in [0, 0.05) is 19.5 Å². The van der Waals surface area contributed by atoms with E-state index in [1.165, 1.54) is 13.2 Å². The zero-order valence-electron chi connectivity index (χ0n) is 17.3. The molecule has 6 nitrogen and oxygen atoms in total. The summed E-state index contributed by atoms with van der Waals surface area (Å²) >= 11 is 0. The molecule has 0 fully saturated rings. The van der Waals surface area contributed by atoms with Crippen LogP contribution in [-0.4, -0.2) is 44.0 Å². The average molecular weight is 439 g/mol. The Balaban J connectivity index is 1.58. The summed E-state index contributed by atoms with van der Waals surface area (Å²) in [6, 6.07) is 10.2. The Bertz CT molecular complexity index is 917. The molecule has 0 radical (unpaired) electrons. The van der Waals surface area contributed by atoms with E-state index in [9.17, 15) is 18.0 Å². The highest BCUT2D eigenvalue weighted by atomic mass is 19.4. The number of carbonyl (C=O) groups is 1. The van der Waals surface area contributed by atoms with Crippen LogP contribution in [0.4, 0.5) is 13.2 Å². The number of hydrogen-bond acceptors (Lipinski definition) is 5. The monoisotopic (exact) mass is 439 g/mol. The molecule has 9 heteroatoms. The molecule has 0 N–H and O–H groups in total. The summed E-state index contributed by atoms with van der Waals surface area (Å²) in [6.07, 6.45) is -3.76. The number of halogens is 3. The fourth-order valence-electron chi connectivity index (χ4n) is 3.19. The minimum atomic E-state index is -4.43. The second-order valence-electron chi connectivity index (χ2n) is 6.98. The summed E-state index contributed by atoms with van der Waals surface area (Å²) in [6.45, 7) is 1.69. The number of hydrogen-bond donors (Lipinski definition) is 0. The molecule has 0 aliphatic carbocycles. The molecule has 1 amide bonds. The molecule has 3 rings (SSSR count). The van der Waals surface area contributed by atoms with Gasteiger partial charge in [-0.1, -0.05) is 12.1 Å². The predicted molar refractivity (Wildman–Crippen MR) is 107 cm³/mol. The maximum absolute atomic E-state index is 12.7. The highest BCUT2D eigenvalue weighted by molar-refractivity contribution is 5.76. The number of ether oxygens (including phenoxy) is 4. The van der Waals surface area contributed by atoms with E-state index in [2.05, 4.69) is 0 Å². The summed E-state index contributed by atoms with van der Waals surface area (Å²) in [7, 11) is 1.36. The fourth-order valence-corrected chi connectivity index (χ4v) is 3.19. The molecule has 0 unspecified atom stereocenters. The van der Waals surface area contributed by atoms with Crippen molar-refractivity contribution >= 4 is 5.91 Å². The van der Waals surface area contributed by atoms with Crippen molar-refractivity contribution in [3.05, 3.63) is 47.5 Å². The number of nitrogens with zero attached hydrogens (tertiary/aromatic N) is 1. The van der Waals surface area contributed by atoms with Gasteiger partial charge in [0.25, 0.3) is 0 Å². The van der Waals surface area contributed by atoms with Gasteiger partial charge in [0.2, 0.25) is 12.7 Å². The smallest absolute Gasteiger partial charge is 0.422 e. The van der Waals surface area contributed by atoms with Crippen molar-refractivity contribution in [1.29, 1.82) is 0 Å². The van der Waals surface area contributed by atoms with E-state index in [1.807, 2.05) is 25.1 Å². The Morgan fingerprint density at radius 1 is 1.06 bits per heavy atom. The van der Waals surface area contributed by atoms with Gasteiger partial charge in [0.05, 0.1) is 7.11 Å². The first kappa shape index (κ1) is 22.6. The molecule has 31 heavy (non-hydrogen) atoms. The Kier molecular flexibility index (Phi) is 7.14. The number of carbonyl (C=O) groups excluding carboxylic acids is 1. The van der Waals surface area contributed by atoms with Crippen LogP contribution in [0.1, 0.15) is 24.5 Å². The molecule has 2 aromatic carbocycles. The van der Waals surface area contributed by atoms with Crippen LogP contribution in [0, 0.1) is 0 Å². The van der Waals surface area contributed by atoms with Crippen molar-refractivity contribution in [1.82, 2.24) is 4.90 Å². The highest BCUT2D eigenvalue weighted by Gasteiger charge is 2.29. The van der Waals surface area contributed by atoms with Crippen LogP contribution >= 0.6 is 0 Å². The Hall–Kier alpha value is -3.10. The Morgan fingerprint density at radius 2 is 1.81 bits per heavy atom. The third kappa shape index (κ3) is 6.19. The lowest BCUT2D eigenvalue weighted by atomic mass is 10.1. The summed E-state index contributed by atoms with van der Waals surface area (Å²) in [5.41, 5.74) is 1.70. The lowest BCUT2D eigenvalue weighted by molar-refractivity contribution is -0.153. The van der Waals surface area contributed by atoms with Gasteiger partial charge in [0.15, 0.2) is 29.6 Å². The van der Waals surface area contributed by atoms with Crippen LogP contribution in [-0.2, 0) is 17.8 Å². The fraction of sp³-hybridized carbons (Fsp3) is 0.409. The molecule has 1 aliphatic rings. The summed E-state index contributed by atoms with van der Waals surface area (Å²) in [4.78, 5) is 14.4. The first-order chi connectivity index (χ1) is 14.8. The quantitative estimate of drug-likeness (QED) is 0.582. The van der Waals surface area contributed by atoms with Crippen molar-refractivity contribution in [2.75, 3.05) is 27.1 Å². The zero-order chi connectivity index (χ0) is 22.4. The number of methoxy groups -OCH3 is 1. The first-order valence-corrected chi connectivity index (χ1v) is 9.82. The topological polar surface area (TPSA) is 57.2 Å². The van der Waals surface area contributed by atoms with E-state index in [-0.39, 0.29) is 30.6 Å². The number of benzene rings is 2. The van der Waals surface area contributed by atoms with Crippen LogP contribution in [0.15, 0.2) is 36.4 Å². The molecular weight excluding hydrogens is 415 g/mol. The highest BCUT2D eigenvalue weighted by Crippen LogP contribution is 2.33. The number of rotatable bonds is 9. The molecule has 0 saturated heterocycles. The van der Waals surface area contributed by atoms with Gasteiger partial charge >= 0.3 is 6.18 Å². The summed E-state index contributed by atoms with van der Waals surface area (Å²) in [5.74, 6) is 1.53. The van der Waals surface area contributed by atoms with Crippen molar-refractivity contribution in [2.45, 2.75) is 32.5 Å². The third-order valence-corrected chi connectivity index (χ3v) is 4.79. The van der Waals surface area contributed by atoms with Crippen molar-refractivity contribution in [3.8, 4) is 23.0 Å². The lowest BCUT2D eigenvalue weighted by Crippen LogP contribution is -2.30. The van der Waals surface area contributed by atoms with E-state index in [4.69, 9.17) is 18.9 Å². The molecule has 0 bridgehead atoms. The molecule has 1 aliphatic heterocycles. The second kappa shape index (κ2) is 9.80. The summed E-state index contributed by atoms with van der Waals surface area (Å²) < 4.78 is 57.7. The molecule has 0 spiro atoms. The maximum atomic E-state index is 12.7. The van der Waals surface area contributed by atoms with E-state index in [0.29, 0.717) is 31.0 Å². The number of aryl methyl sites for hydroxylation is 1. The second-order valence-corrected chi connectivity index (χ2v) is 6.98. The van der Waals surface area contributed by atoms with Crippen LogP contribution in [0.5, 0.6) is 23.0 Å². The third-order valence-electron chi connectivity index (χ3n) is 4.79. The average Bonchev–Trinajstić information content (AvgIpc) is 3.21. The lowest BCUT2D eigenvalue weighted by Gasteiger charge is -2.21. The zero-order valence-corrected chi connectivity index (χ0v) is 17.3. The molecule has 0 saturated carbocycles. The predicted octanol–water partition coefficient (Wildman–Crippen LogP) is 4.35. The van der Waals surface area contributed by atoms with Crippen molar-refractivity contribution in [3.63, 3.8) is 0 Å². The first-order valence-electron chi connectivity index (χ1n) is 9.82. The van der Waals surface area contributed by atoms with Gasteiger partial charge in [-0.2, -0.15) is 13.2 Å². The number of fused-ring (bicyclic) bond motifs is 1. The standard InChI is InChI=1S/C22H24F3NO5/c1-3-26(12-16-5-8-18-20(11-16)31-14-30-18)21(27)9-6-15-4-7-17(19(10-15)28-2)29-13-22(23,24)25/h4-5,7-8,10-11H,3,6,9,12-14H2,1-2H3. The Labute approximate surface area is 178 Å². The van der Waals surface area contributed by atoms with Gasteiger partial charge in [0.1, 0.15) is 0 Å². The van der Waals surface area contributed by atoms with Crippen LogP contribution in [0.3, 0.4) is 0 Å². The number of amides is 1. The number of alkyl halides is 3. The SMILES string of the molecule is CCN(Cc1ccc2c(c1)OCO2)C(=O)CCc1ccc(OCC(F)(F)F)c(OC)c1.